The molecule has 0 bridgehead atoms. The lowest BCUT2D eigenvalue weighted by Crippen LogP contribution is -2.13. The second kappa shape index (κ2) is 7.44. The van der Waals surface area contributed by atoms with Gasteiger partial charge in [-0.2, -0.15) is 0 Å². The molecule has 0 spiro atoms. The van der Waals surface area contributed by atoms with Crippen molar-refractivity contribution in [3.05, 3.63) is 74.9 Å². The minimum Gasteiger partial charge on any atom is -0.459 e. The SMILES string of the molecule is Cc1ccc(-c2ccc(CO)o2)cc1NC(=O)c1cc(Br)ccc1Cl. The van der Waals surface area contributed by atoms with E-state index >= 15 is 0 Å². The molecule has 1 heterocycles. The number of aliphatic hydroxyl groups is 1. The molecule has 1 aromatic heterocycles. The van der Waals surface area contributed by atoms with Crippen molar-refractivity contribution < 1.29 is 14.3 Å². The highest BCUT2D eigenvalue weighted by Gasteiger charge is 2.14. The van der Waals surface area contributed by atoms with E-state index in [1.54, 1.807) is 30.3 Å². The van der Waals surface area contributed by atoms with Crippen molar-refractivity contribution in [3.8, 4) is 11.3 Å². The first-order valence-electron chi connectivity index (χ1n) is 7.55. The summed E-state index contributed by atoms with van der Waals surface area (Å²) in [6.45, 7) is 1.75. The maximum Gasteiger partial charge on any atom is 0.257 e. The topological polar surface area (TPSA) is 62.5 Å². The molecule has 0 aliphatic carbocycles. The van der Waals surface area contributed by atoms with Crippen LogP contribution in [-0.2, 0) is 6.61 Å². The van der Waals surface area contributed by atoms with Gasteiger partial charge in [0.25, 0.3) is 5.91 Å². The van der Waals surface area contributed by atoms with Crippen molar-refractivity contribution in [2.24, 2.45) is 0 Å². The van der Waals surface area contributed by atoms with Gasteiger partial charge in [0, 0.05) is 15.7 Å². The van der Waals surface area contributed by atoms with Gasteiger partial charge in [0.1, 0.15) is 18.1 Å². The number of furan rings is 1. The van der Waals surface area contributed by atoms with E-state index in [4.69, 9.17) is 21.1 Å². The number of benzene rings is 2. The van der Waals surface area contributed by atoms with E-state index in [0.29, 0.717) is 27.8 Å². The van der Waals surface area contributed by atoms with Gasteiger partial charge in [-0.25, -0.2) is 0 Å². The number of aliphatic hydroxyl groups excluding tert-OH is 1. The first-order chi connectivity index (χ1) is 12.0. The first kappa shape index (κ1) is 17.7. The van der Waals surface area contributed by atoms with Crippen molar-refractivity contribution in [1.29, 1.82) is 0 Å². The Morgan fingerprint density at radius 3 is 2.72 bits per heavy atom. The smallest absolute Gasteiger partial charge is 0.257 e. The van der Waals surface area contributed by atoms with Crippen LogP contribution >= 0.6 is 27.5 Å². The number of amides is 1. The van der Waals surface area contributed by atoms with Gasteiger partial charge in [0.2, 0.25) is 0 Å². The monoisotopic (exact) mass is 419 g/mol. The molecule has 0 aliphatic heterocycles. The van der Waals surface area contributed by atoms with Gasteiger partial charge >= 0.3 is 0 Å². The Hall–Kier alpha value is -2.08. The molecule has 2 aromatic carbocycles. The molecule has 4 nitrogen and oxygen atoms in total. The van der Waals surface area contributed by atoms with Crippen LogP contribution in [0.3, 0.4) is 0 Å². The first-order valence-corrected chi connectivity index (χ1v) is 8.72. The van der Waals surface area contributed by atoms with E-state index in [1.807, 2.05) is 25.1 Å². The van der Waals surface area contributed by atoms with E-state index in [0.717, 1.165) is 15.6 Å². The highest BCUT2D eigenvalue weighted by molar-refractivity contribution is 9.10. The standard InChI is InChI=1S/C19H15BrClNO3/c1-11-2-3-12(18-7-5-14(10-23)25-18)8-17(11)22-19(24)15-9-13(20)4-6-16(15)21/h2-9,23H,10H2,1H3,(H,22,24). The fraction of sp³-hybridized carbons (Fsp3) is 0.105. The summed E-state index contributed by atoms with van der Waals surface area (Å²) in [4.78, 5) is 12.6. The Morgan fingerprint density at radius 2 is 2.00 bits per heavy atom. The molecule has 3 aromatic rings. The van der Waals surface area contributed by atoms with Crippen molar-refractivity contribution in [1.82, 2.24) is 0 Å². The molecule has 128 valence electrons. The largest absolute Gasteiger partial charge is 0.459 e. The average Bonchev–Trinajstić information content (AvgIpc) is 3.08. The van der Waals surface area contributed by atoms with Gasteiger partial charge in [-0.1, -0.05) is 39.7 Å². The summed E-state index contributed by atoms with van der Waals surface area (Å²) in [5, 5.41) is 12.4. The fourth-order valence-electron chi connectivity index (χ4n) is 2.39. The fourth-order valence-corrected chi connectivity index (χ4v) is 2.95. The summed E-state index contributed by atoms with van der Waals surface area (Å²) in [5.41, 5.74) is 2.78. The molecule has 0 saturated carbocycles. The average molecular weight is 421 g/mol. The maximum atomic E-state index is 12.6. The van der Waals surface area contributed by atoms with E-state index in [2.05, 4.69) is 21.2 Å². The van der Waals surface area contributed by atoms with Gasteiger partial charge in [-0.05, 0) is 48.9 Å². The lowest BCUT2D eigenvalue weighted by Gasteiger charge is -2.11. The number of anilines is 1. The number of hydrogen-bond donors (Lipinski definition) is 2. The van der Waals surface area contributed by atoms with E-state index < -0.39 is 0 Å². The Kier molecular flexibility index (Phi) is 5.27. The lowest BCUT2D eigenvalue weighted by atomic mass is 10.1. The second-order valence-electron chi connectivity index (χ2n) is 5.53. The minimum atomic E-state index is -0.290. The number of hydrogen-bond acceptors (Lipinski definition) is 3. The van der Waals surface area contributed by atoms with Crippen LogP contribution in [0.25, 0.3) is 11.3 Å². The Balaban J connectivity index is 1.90. The van der Waals surface area contributed by atoms with Crippen LogP contribution in [0.5, 0.6) is 0 Å². The van der Waals surface area contributed by atoms with Gasteiger partial charge < -0.3 is 14.8 Å². The highest BCUT2D eigenvalue weighted by atomic mass is 79.9. The van der Waals surface area contributed by atoms with E-state index in [-0.39, 0.29) is 12.5 Å². The van der Waals surface area contributed by atoms with Crippen molar-refractivity contribution >= 4 is 39.1 Å². The molecule has 0 saturated heterocycles. The molecular formula is C19H15BrClNO3. The van der Waals surface area contributed by atoms with E-state index in [1.165, 1.54) is 0 Å². The predicted molar refractivity (Wildman–Crippen MR) is 102 cm³/mol. The number of carbonyl (C=O) groups is 1. The second-order valence-corrected chi connectivity index (χ2v) is 6.85. The number of halogens is 2. The van der Waals surface area contributed by atoms with Crippen molar-refractivity contribution in [2.45, 2.75) is 13.5 Å². The molecule has 2 N–H and O–H groups in total. The van der Waals surface area contributed by atoms with Crippen LogP contribution in [0.2, 0.25) is 5.02 Å². The maximum absolute atomic E-state index is 12.6. The quantitative estimate of drug-likeness (QED) is 0.593. The third kappa shape index (κ3) is 3.95. The van der Waals surface area contributed by atoms with Gasteiger partial charge in [0.15, 0.2) is 0 Å². The van der Waals surface area contributed by atoms with Gasteiger partial charge in [-0.15, -0.1) is 0 Å². The van der Waals surface area contributed by atoms with Crippen LogP contribution in [0.1, 0.15) is 21.7 Å². The number of rotatable bonds is 4. The van der Waals surface area contributed by atoms with Crippen LogP contribution in [0, 0.1) is 6.92 Å². The van der Waals surface area contributed by atoms with Gasteiger partial charge in [0.05, 0.1) is 10.6 Å². The van der Waals surface area contributed by atoms with Crippen molar-refractivity contribution in [3.63, 3.8) is 0 Å². The zero-order valence-electron chi connectivity index (χ0n) is 13.3. The number of carbonyl (C=O) groups excluding carboxylic acids is 1. The van der Waals surface area contributed by atoms with Crippen molar-refractivity contribution in [2.75, 3.05) is 5.32 Å². The summed E-state index contributed by atoms with van der Waals surface area (Å²) in [6.07, 6.45) is 0. The third-order valence-corrected chi connectivity index (χ3v) is 4.58. The zero-order valence-corrected chi connectivity index (χ0v) is 15.7. The normalized spacial score (nSPS) is 10.7. The lowest BCUT2D eigenvalue weighted by molar-refractivity contribution is 0.102. The van der Waals surface area contributed by atoms with Crippen LogP contribution in [-0.4, -0.2) is 11.0 Å². The zero-order chi connectivity index (χ0) is 18.0. The molecule has 3 rings (SSSR count). The summed E-state index contributed by atoms with van der Waals surface area (Å²) in [5.74, 6) is 0.823. The Bertz CT molecular complexity index is 936. The molecular weight excluding hydrogens is 406 g/mol. The minimum absolute atomic E-state index is 0.156. The number of aryl methyl sites for hydroxylation is 1. The molecule has 0 aliphatic rings. The highest BCUT2D eigenvalue weighted by Crippen LogP contribution is 2.28. The third-order valence-electron chi connectivity index (χ3n) is 3.76. The molecule has 0 fully saturated rings. The van der Waals surface area contributed by atoms with Crippen LogP contribution in [0.15, 0.2) is 57.4 Å². The Morgan fingerprint density at radius 1 is 1.20 bits per heavy atom. The molecule has 6 heteroatoms. The summed E-state index contributed by atoms with van der Waals surface area (Å²) in [6, 6.07) is 14.3. The molecule has 0 atom stereocenters. The molecule has 0 unspecified atom stereocenters. The number of nitrogens with one attached hydrogen (secondary N) is 1. The predicted octanol–water partition coefficient (Wildman–Crippen LogP) is 5.42. The molecule has 1 amide bonds. The Labute approximate surface area is 158 Å². The van der Waals surface area contributed by atoms with Crippen LogP contribution in [0.4, 0.5) is 5.69 Å². The van der Waals surface area contributed by atoms with Gasteiger partial charge in [-0.3, -0.25) is 4.79 Å². The molecule has 0 radical (unpaired) electrons. The summed E-state index contributed by atoms with van der Waals surface area (Å²) in [7, 11) is 0. The summed E-state index contributed by atoms with van der Waals surface area (Å²) < 4.78 is 6.33. The molecule has 25 heavy (non-hydrogen) atoms. The summed E-state index contributed by atoms with van der Waals surface area (Å²) >= 11 is 9.47. The van der Waals surface area contributed by atoms with Crippen LogP contribution < -0.4 is 5.32 Å². The van der Waals surface area contributed by atoms with E-state index in [9.17, 15) is 4.79 Å².